The number of piperidine rings is 1. The summed E-state index contributed by atoms with van der Waals surface area (Å²) in [5.41, 5.74) is -0.610. The minimum atomic E-state index is -0.775. The summed E-state index contributed by atoms with van der Waals surface area (Å²) in [6.07, 6.45) is 2.53. The fourth-order valence-electron chi connectivity index (χ4n) is 2.75. The first-order chi connectivity index (χ1) is 9.97. The van der Waals surface area contributed by atoms with Gasteiger partial charge in [-0.3, -0.25) is 9.59 Å². The molecule has 1 aromatic heterocycles. The molecule has 0 aromatic carbocycles. The molecule has 1 fully saturated rings. The van der Waals surface area contributed by atoms with Crippen LogP contribution in [0.4, 0.5) is 0 Å². The molecule has 1 saturated heterocycles. The summed E-state index contributed by atoms with van der Waals surface area (Å²) in [5, 5.41) is 0. The summed E-state index contributed by atoms with van der Waals surface area (Å²) in [4.78, 5) is 39.4. The van der Waals surface area contributed by atoms with Crippen LogP contribution >= 0.6 is 0 Å². The highest BCUT2D eigenvalue weighted by molar-refractivity contribution is 5.90. The number of hydrogen-bond donors (Lipinski definition) is 1. The van der Waals surface area contributed by atoms with Gasteiger partial charge in [0.25, 0.3) is 11.5 Å². The van der Waals surface area contributed by atoms with Crippen molar-refractivity contribution in [1.29, 1.82) is 0 Å². The second kappa shape index (κ2) is 6.56. The van der Waals surface area contributed by atoms with Crippen LogP contribution in [0.25, 0.3) is 0 Å². The van der Waals surface area contributed by atoms with Gasteiger partial charge in [-0.2, -0.15) is 0 Å². The summed E-state index contributed by atoms with van der Waals surface area (Å²) >= 11 is 0. The third-order valence-electron chi connectivity index (χ3n) is 3.59. The van der Waals surface area contributed by atoms with Crippen LogP contribution in [0, 0.1) is 11.8 Å². The first kappa shape index (κ1) is 15.3. The van der Waals surface area contributed by atoms with Crippen LogP contribution in [0.15, 0.2) is 23.1 Å². The topological polar surface area (TPSA) is 79.5 Å². The van der Waals surface area contributed by atoms with Crippen LogP contribution in [-0.4, -0.2) is 41.5 Å². The Morgan fingerprint density at radius 3 is 2.62 bits per heavy atom. The fourth-order valence-corrected chi connectivity index (χ4v) is 2.75. The van der Waals surface area contributed by atoms with Gasteiger partial charge in [0.1, 0.15) is 5.56 Å². The van der Waals surface area contributed by atoms with Gasteiger partial charge in [-0.1, -0.05) is 13.8 Å². The molecule has 21 heavy (non-hydrogen) atoms. The van der Waals surface area contributed by atoms with E-state index in [0.29, 0.717) is 24.9 Å². The first-order valence-corrected chi connectivity index (χ1v) is 7.10. The van der Waals surface area contributed by atoms with Gasteiger partial charge in [0.2, 0.25) is 0 Å². The monoisotopic (exact) mass is 292 g/mol. The predicted molar refractivity (Wildman–Crippen MR) is 76.9 cm³/mol. The number of rotatable bonds is 3. The number of pyridine rings is 1. The van der Waals surface area contributed by atoms with E-state index in [1.807, 2.05) is 0 Å². The molecule has 0 radical (unpaired) electrons. The lowest BCUT2D eigenvalue weighted by atomic mass is 9.92. The van der Waals surface area contributed by atoms with E-state index in [1.54, 1.807) is 4.90 Å². The number of aromatic nitrogens is 1. The van der Waals surface area contributed by atoms with Gasteiger partial charge in [-0.25, -0.2) is 4.79 Å². The summed E-state index contributed by atoms with van der Waals surface area (Å²) in [5.74, 6) is -0.0897. The van der Waals surface area contributed by atoms with Gasteiger partial charge in [-0.15, -0.1) is 0 Å². The number of nitrogens with one attached hydrogen (secondary N) is 1. The zero-order valence-corrected chi connectivity index (χ0v) is 12.3. The number of hydrogen-bond acceptors (Lipinski definition) is 4. The van der Waals surface area contributed by atoms with Crippen LogP contribution in [0.5, 0.6) is 0 Å². The number of esters is 1. The average molecular weight is 292 g/mol. The van der Waals surface area contributed by atoms with Crippen molar-refractivity contribution in [2.75, 3.05) is 19.7 Å². The summed E-state index contributed by atoms with van der Waals surface area (Å²) in [7, 11) is 0. The van der Waals surface area contributed by atoms with Crippen LogP contribution in [0.1, 0.15) is 30.6 Å². The molecule has 1 aliphatic heterocycles. The maximum absolute atomic E-state index is 12.1. The van der Waals surface area contributed by atoms with E-state index in [0.717, 1.165) is 6.42 Å². The van der Waals surface area contributed by atoms with Crippen molar-refractivity contribution >= 4 is 11.9 Å². The average Bonchev–Trinajstić information content (AvgIpc) is 2.43. The number of likely N-dealkylation sites (tertiary alicyclic amines) is 1. The Labute approximate surface area is 123 Å². The maximum atomic E-state index is 12.1. The third kappa shape index (κ3) is 3.93. The van der Waals surface area contributed by atoms with E-state index in [2.05, 4.69) is 18.8 Å². The summed E-state index contributed by atoms with van der Waals surface area (Å²) < 4.78 is 4.94. The molecule has 0 bridgehead atoms. The lowest BCUT2D eigenvalue weighted by molar-refractivity contribution is -0.137. The highest BCUT2D eigenvalue weighted by atomic mass is 16.5. The molecule has 1 N–H and O–H groups in total. The van der Waals surface area contributed by atoms with E-state index < -0.39 is 11.5 Å². The highest BCUT2D eigenvalue weighted by Crippen LogP contribution is 2.20. The largest absolute Gasteiger partial charge is 0.452 e. The van der Waals surface area contributed by atoms with Gasteiger partial charge >= 0.3 is 5.97 Å². The lowest BCUT2D eigenvalue weighted by Gasteiger charge is -2.34. The van der Waals surface area contributed by atoms with Crippen molar-refractivity contribution in [3.63, 3.8) is 0 Å². The number of ether oxygens (including phenoxy) is 1. The highest BCUT2D eigenvalue weighted by Gasteiger charge is 2.26. The molecule has 2 atom stereocenters. The zero-order valence-electron chi connectivity index (χ0n) is 12.3. The molecule has 2 rings (SSSR count). The van der Waals surface area contributed by atoms with Crippen LogP contribution in [0.3, 0.4) is 0 Å². The molecule has 0 unspecified atom stereocenters. The minimum Gasteiger partial charge on any atom is -0.452 e. The van der Waals surface area contributed by atoms with Gasteiger partial charge in [-0.05, 0) is 30.4 Å². The lowest BCUT2D eigenvalue weighted by Crippen LogP contribution is -2.44. The van der Waals surface area contributed by atoms with E-state index in [9.17, 15) is 14.4 Å². The number of amides is 1. The van der Waals surface area contributed by atoms with E-state index >= 15 is 0 Å². The standard InChI is InChI=1S/C15H20N2O4/c1-10-6-11(2)8-17(7-10)13(18)9-21-15(20)12-4-3-5-16-14(12)19/h3-5,10-11H,6-9H2,1-2H3,(H,16,19)/t10-,11-/m0/s1. The molecule has 1 amide bonds. The Bertz CT molecular complexity index is 571. The third-order valence-corrected chi connectivity index (χ3v) is 3.59. The molecule has 114 valence electrons. The van der Waals surface area contributed by atoms with Crippen molar-refractivity contribution < 1.29 is 14.3 Å². The molecule has 0 aliphatic carbocycles. The SMILES string of the molecule is C[C@H]1C[C@H](C)CN(C(=O)COC(=O)c2ccc[nH]c2=O)C1. The molecule has 0 saturated carbocycles. The van der Waals surface area contributed by atoms with Gasteiger partial charge in [0.05, 0.1) is 0 Å². The van der Waals surface area contributed by atoms with Crippen LogP contribution < -0.4 is 5.56 Å². The molecule has 6 heteroatoms. The quantitative estimate of drug-likeness (QED) is 0.844. The Hall–Kier alpha value is -2.11. The van der Waals surface area contributed by atoms with E-state index in [1.165, 1.54) is 18.3 Å². The number of nitrogens with zero attached hydrogens (tertiary/aromatic N) is 1. The Kier molecular flexibility index (Phi) is 4.77. The number of aromatic amines is 1. The number of carbonyl (C=O) groups is 2. The normalized spacial score (nSPS) is 21.9. The zero-order chi connectivity index (χ0) is 15.4. The van der Waals surface area contributed by atoms with E-state index in [-0.39, 0.29) is 18.1 Å². The molecular formula is C15H20N2O4. The first-order valence-electron chi connectivity index (χ1n) is 7.10. The Balaban J connectivity index is 1.91. The fraction of sp³-hybridized carbons (Fsp3) is 0.533. The van der Waals surface area contributed by atoms with E-state index in [4.69, 9.17) is 4.74 Å². The molecule has 6 nitrogen and oxygen atoms in total. The number of H-pyrrole nitrogens is 1. The second-order valence-electron chi connectivity index (χ2n) is 5.73. The Morgan fingerprint density at radius 1 is 1.33 bits per heavy atom. The van der Waals surface area contributed by atoms with Crippen molar-refractivity contribution in [3.8, 4) is 0 Å². The summed E-state index contributed by atoms with van der Waals surface area (Å²) in [6.45, 7) is 5.25. The summed E-state index contributed by atoms with van der Waals surface area (Å²) in [6, 6.07) is 2.91. The number of carbonyl (C=O) groups excluding carboxylic acids is 2. The molecule has 1 aliphatic rings. The maximum Gasteiger partial charge on any atom is 0.344 e. The Morgan fingerprint density at radius 2 is 2.00 bits per heavy atom. The molecule has 0 spiro atoms. The molecular weight excluding hydrogens is 272 g/mol. The molecule has 1 aromatic rings. The second-order valence-corrected chi connectivity index (χ2v) is 5.73. The minimum absolute atomic E-state index is 0.0920. The van der Waals surface area contributed by atoms with Crippen LogP contribution in [-0.2, 0) is 9.53 Å². The van der Waals surface area contributed by atoms with Gasteiger partial charge < -0.3 is 14.6 Å². The van der Waals surface area contributed by atoms with Crippen LogP contribution in [0.2, 0.25) is 0 Å². The van der Waals surface area contributed by atoms with Crippen molar-refractivity contribution in [3.05, 3.63) is 34.2 Å². The van der Waals surface area contributed by atoms with Crippen molar-refractivity contribution in [2.24, 2.45) is 11.8 Å². The van der Waals surface area contributed by atoms with Crippen molar-refractivity contribution in [2.45, 2.75) is 20.3 Å². The van der Waals surface area contributed by atoms with Crippen molar-refractivity contribution in [1.82, 2.24) is 9.88 Å². The van der Waals surface area contributed by atoms with Gasteiger partial charge in [0, 0.05) is 19.3 Å². The van der Waals surface area contributed by atoms with Gasteiger partial charge in [0.15, 0.2) is 6.61 Å². The predicted octanol–water partition coefficient (Wildman–Crippen LogP) is 1.04. The smallest absolute Gasteiger partial charge is 0.344 e. The molecule has 2 heterocycles.